The van der Waals surface area contributed by atoms with E-state index in [1.165, 1.54) is 51.4 Å². The van der Waals surface area contributed by atoms with Crippen molar-refractivity contribution in [3.8, 4) is 0 Å². The van der Waals surface area contributed by atoms with Crippen molar-refractivity contribution in [1.82, 2.24) is 0 Å². The van der Waals surface area contributed by atoms with Gasteiger partial charge in [-0.25, -0.2) is 0 Å². The third-order valence-electron chi connectivity index (χ3n) is 11.1. The number of esters is 1. The van der Waals surface area contributed by atoms with Crippen LogP contribution in [-0.2, 0) is 14.3 Å². The predicted molar refractivity (Wildman–Crippen MR) is 165 cm³/mol. The minimum absolute atomic E-state index is 0.0996. The maximum absolute atomic E-state index is 13.2. The van der Waals surface area contributed by atoms with Crippen LogP contribution in [0.2, 0.25) is 0 Å². The second-order valence-corrected chi connectivity index (χ2v) is 14.2. The molecule has 0 aromatic carbocycles. The van der Waals surface area contributed by atoms with E-state index in [4.69, 9.17) is 4.74 Å². The van der Waals surface area contributed by atoms with Crippen LogP contribution in [0.5, 0.6) is 0 Å². The van der Waals surface area contributed by atoms with Crippen molar-refractivity contribution in [3.63, 3.8) is 0 Å². The summed E-state index contributed by atoms with van der Waals surface area (Å²) in [5.74, 6) is -3.32. The van der Waals surface area contributed by atoms with Gasteiger partial charge in [0.05, 0.1) is 12.2 Å². The molecule has 0 aliphatic heterocycles. The topological polar surface area (TPSA) is 124 Å². The third-order valence-corrected chi connectivity index (χ3v) is 11.1. The highest BCUT2D eigenvalue weighted by Crippen LogP contribution is 2.63. The molecule has 7 heteroatoms. The molecule has 0 amide bonds. The van der Waals surface area contributed by atoms with Gasteiger partial charge in [-0.2, -0.15) is 0 Å². The van der Waals surface area contributed by atoms with Gasteiger partial charge in [0.15, 0.2) is 5.78 Å². The molecule has 7 atom stereocenters. The van der Waals surface area contributed by atoms with Crippen molar-refractivity contribution < 1.29 is 34.8 Å². The summed E-state index contributed by atoms with van der Waals surface area (Å²) >= 11 is 0. The van der Waals surface area contributed by atoms with E-state index >= 15 is 0 Å². The van der Waals surface area contributed by atoms with Crippen molar-refractivity contribution in [2.75, 3.05) is 6.61 Å². The van der Waals surface area contributed by atoms with E-state index in [0.29, 0.717) is 24.0 Å². The molecule has 0 heterocycles. The molecule has 1 saturated carbocycles. The second-order valence-electron chi connectivity index (χ2n) is 14.2. The molecule has 240 valence electrons. The lowest BCUT2D eigenvalue weighted by Crippen LogP contribution is -2.74. The zero-order valence-corrected chi connectivity index (χ0v) is 27.1. The zero-order chi connectivity index (χ0) is 31.3. The van der Waals surface area contributed by atoms with Crippen molar-refractivity contribution in [3.05, 3.63) is 23.3 Å². The quantitative estimate of drug-likeness (QED) is 0.105. The fourth-order valence-corrected chi connectivity index (χ4v) is 8.16. The largest absolute Gasteiger partial charge is 0.459 e. The Balaban J connectivity index is 1.74. The number of Topliss-reactive ketones (excluding diaryl/α,β-unsaturated/α-hetero) is 1. The molecule has 3 aliphatic carbocycles. The van der Waals surface area contributed by atoms with Crippen LogP contribution >= 0.6 is 0 Å². The van der Waals surface area contributed by atoms with E-state index in [1.807, 2.05) is 20.8 Å². The van der Waals surface area contributed by atoms with Crippen LogP contribution in [0, 0.1) is 23.2 Å². The number of ether oxygens (including phenoxy) is 1. The summed E-state index contributed by atoms with van der Waals surface area (Å²) in [7, 11) is 0. The molecule has 3 rings (SSSR count). The summed E-state index contributed by atoms with van der Waals surface area (Å²) in [6.07, 6.45) is 15.8. The third kappa shape index (κ3) is 6.45. The Morgan fingerprint density at radius 1 is 0.881 bits per heavy atom. The maximum Gasteiger partial charge on any atom is 0.306 e. The first-order valence-electron chi connectivity index (χ1n) is 16.6. The minimum atomic E-state index is -1.92. The van der Waals surface area contributed by atoms with Crippen molar-refractivity contribution >= 4 is 11.8 Å². The second kappa shape index (κ2) is 14.0. The summed E-state index contributed by atoms with van der Waals surface area (Å²) in [4.78, 5) is 26.4. The van der Waals surface area contributed by atoms with Gasteiger partial charge < -0.3 is 25.2 Å². The summed E-state index contributed by atoms with van der Waals surface area (Å²) in [6.45, 7) is 10.7. The number of aliphatic hydroxyl groups excluding tert-OH is 1. The molecule has 0 aromatic rings. The van der Waals surface area contributed by atoms with Crippen LogP contribution in [-0.4, -0.2) is 61.7 Å². The molecule has 3 aliphatic rings. The Morgan fingerprint density at radius 2 is 1.43 bits per heavy atom. The van der Waals surface area contributed by atoms with Crippen LogP contribution < -0.4 is 0 Å². The monoisotopic (exact) mass is 590 g/mol. The standard InChI is InChI=1S/C35H58O7/c1-7-9-10-11-12-13-14-15-16-17-18-19-29(37)42-31-26(8-2)35(41)27(32(4,5)33(31,6)39)21-25(23-36)22-34(40)28(35)20-24(3)30(34)38/h20-21,26-28,31,36,39-41H,7-19,22-23H2,1-6H3/t26-,27+,28-,31-,33-,34-,35-/m1/s1. The van der Waals surface area contributed by atoms with Crippen molar-refractivity contribution in [1.29, 1.82) is 0 Å². The zero-order valence-electron chi connectivity index (χ0n) is 27.1. The minimum Gasteiger partial charge on any atom is -0.459 e. The molecule has 0 unspecified atom stereocenters. The van der Waals surface area contributed by atoms with Crippen LogP contribution in [0.3, 0.4) is 0 Å². The van der Waals surface area contributed by atoms with Gasteiger partial charge >= 0.3 is 5.97 Å². The van der Waals surface area contributed by atoms with Gasteiger partial charge in [-0.15, -0.1) is 0 Å². The SMILES string of the molecule is CCCCCCCCCCCCCC(=O)O[C@@H]1[C@@H](CC)[C@@]2(O)[C@@H](C=C(CO)C[C@]3(O)C(=O)C(C)=C[C@@H]23)C(C)(C)[C@]1(C)O. The number of aliphatic hydroxyl groups is 4. The highest BCUT2D eigenvalue weighted by Gasteiger charge is 2.73. The molecule has 0 saturated heterocycles. The first kappa shape index (κ1) is 34.9. The van der Waals surface area contributed by atoms with E-state index in [-0.39, 0.29) is 19.4 Å². The molecular formula is C35H58O7. The van der Waals surface area contributed by atoms with Crippen molar-refractivity contribution in [2.24, 2.45) is 23.2 Å². The Bertz CT molecular complexity index is 1010. The van der Waals surface area contributed by atoms with Gasteiger partial charge in [-0.1, -0.05) is 104 Å². The van der Waals surface area contributed by atoms with Crippen molar-refractivity contribution in [2.45, 2.75) is 154 Å². The molecule has 42 heavy (non-hydrogen) atoms. The van der Waals surface area contributed by atoms with E-state index in [2.05, 4.69) is 6.92 Å². The predicted octanol–water partition coefficient (Wildman–Crippen LogP) is 5.96. The lowest BCUT2D eigenvalue weighted by atomic mass is 9.46. The average Bonchev–Trinajstić information content (AvgIpc) is 3.10. The highest BCUT2D eigenvalue weighted by atomic mass is 16.6. The molecule has 0 spiro atoms. The van der Waals surface area contributed by atoms with Gasteiger partial charge in [-0.3, -0.25) is 9.59 Å². The number of carbonyl (C=O) groups is 2. The van der Waals surface area contributed by atoms with Gasteiger partial charge in [-0.05, 0) is 37.8 Å². The van der Waals surface area contributed by atoms with E-state index in [1.54, 1.807) is 26.0 Å². The number of rotatable bonds is 15. The fraction of sp³-hybridized carbons (Fsp3) is 0.829. The number of ketones is 1. The Hall–Kier alpha value is -1.54. The van der Waals surface area contributed by atoms with Crippen LogP contribution in [0.4, 0.5) is 0 Å². The van der Waals surface area contributed by atoms with E-state index < -0.39 is 57.8 Å². The molecule has 0 aromatic heterocycles. The number of fused-ring (bicyclic) bond motifs is 3. The Kier molecular flexibility index (Phi) is 11.7. The lowest BCUT2D eigenvalue weighted by molar-refractivity contribution is -0.288. The number of hydrogen-bond donors (Lipinski definition) is 4. The summed E-state index contributed by atoms with van der Waals surface area (Å²) in [5, 5.41) is 46.8. The average molecular weight is 591 g/mol. The molecule has 1 fully saturated rings. The first-order valence-corrected chi connectivity index (χ1v) is 16.6. The summed E-state index contributed by atoms with van der Waals surface area (Å²) < 4.78 is 6.07. The molecule has 7 nitrogen and oxygen atoms in total. The van der Waals surface area contributed by atoms with E-state index in [9.17, 15) is 30.0 Å². The van der Waals surface area contributed by atoms with Gasteiger partial charge in [0.1, 0.15) is 17.3 Å². The number of unbranched alkanes of at least 4 members (excludes halogenated alkanes) is 10. The number of hydrogen-bond acceptors (Lipinski definition) is 7. The molecule has 4 N–H and O–H groups in total. The Labute approximate surface area is 253 Å². The first-order chi connectivity index (χ1) is 19.7. The van der Waals surface area contributed by atoms with Gasteiger partial charge in [0.25, 0.3) is 0 Å². The maximum atomic E-state index is 13.2. The highest BCUT2D eigenvalue weighted by molar-refractivity contribution is 6.04. The smallest absolute Gasteiger partial charge is 0.306 e. The summed E-state index contributed by atoms with van der Waals surface area (Å²) in [6, 6.07) is 0. The Morgan fingerprint density at radius 3 is 1.95 bits per heavy atom. The van der Waals surface area contributed by atoms with Gasteiger partial charge in [0.2, 0.25) is 0 Å². The van der Waals surface area contributed by atoms with Crippen LogP contribution in [0.1, 0.15) is 131 Å². The van der Waals surface area contributed by atoms with Gasteiger partial charge in [0, 0.05) is 36.0 Å². The summed E-state index contributed by atoms with van der Waals surface area (Å²) in [5.41, 5.74) is -5.37. The van der Waals surface area contributed by atoms with Crippen LogP contribution in [0.15, 0.2) is 23.3 Å². The lowest BCUT2D eigenvalue weighted by Gasteiger charge is -2.63. The fourth-order valence-electron chi connectivity index (χ4n) is 8.16. The molecule has 0 bridgehead atoms. The van der Waals surface area contributed by atoms with Crippen LogP contribution in [0.25, 0.3) is 0 Å². The normalized spacial score (nSPS) is 35.6. The molecule has 0 radical (unpaired) electrons. The molecular weight excluding hydrogens is 532 g/mol. The number of carbonyl (C=O) groups excluding carboxylic acids is 2. The van der Waals surface area contributed by atoms with E-state index in [0.717, 1.165) is 12.8 Å².